The van der Waals surface area contributed by atoms with E-state index in [1.165, 1.54) is 11.1 Å². The van der Waals surface area contributed by atoms with Crippen LogP contribution in [0.4, 0.5) is 11.6 Å². The zero-order chi connectivity index (χ0) is 18.7. The van der Waals surface area contributed by atoms with Gasteiger partial charge in [0.1, 0.15) is 17.5 Å². The predicted octanol–water partition coefficient (Wildman–Crippen LogP) is 3.21. The van der Waals surface area contributed by atoms with E-state index in [2.05, 4.69) is 51.8 Å². The Morgan fingerprint density at radius 3 is 2.27 bits per heavy atom. The van der Waals surface area contributed by atoms with E-state index in [0.717, 1.165) is 61.6 Å². The number of rotatable bonds is 6. The van der Waals surface area contributed by atoms with Crippen LogP contribution in [0.5, 0.6) is 11.5 Å². The number of nitrogens with zero attached hydrogens (tertiary/aromatic N) is 4. The van der Waals surface area contributed by atoms with Gasteiger partial charge in [0.25, 0.3) is 0 Å². The van der Waals surface area contributed by atoms with E-state index in [0.29, 0.717) is 0 Å². The van der Waals surface area contributed by atoms with Gasteiger partial charge in [-0.15, -0.1) is 0 Å². The second-order valence-electron chi connectivity index (χ2n) is 6.45. The second kappa shape index (κ2) is 7.81. The van der Waals surface area contributed by atoms with Gasteiger partial charge >= 0.3 is 0 Å². The smallest absolute Gasteiger partial charge is 0.161 e. The largest absolute Gasteiger partial charge is 0.493 e. The van der Waals surface area contributed by atoms with Crippen molar-refractivity contribution in [3.8, 4) is 11.5 Å². The van der Waals surface area contributed by atoms with E-state index in [-0.39, 0.29) is 0 Å². The number of methoxy groups -OCH3 is 2. The van der Waals surface area contributed by atoms with Crippen molar-refractivity contribution in [3.63, 3.8) is 0 Å². The van der Waals surface area contributed by atoms with E-state index >= 15 is 0 Å². The Hall–Kier alpha value is -2.50. The molecule has 0 saturated heterocycles. The lowest BCUT2D eigenvalue weighted by molar-refractivity contribution is 0.353. The first-order valence-electron chi connectivity index (χ1n) is 9.18. The average Bonchev–Trinajstić information content (AvgIpc) is 2.67. The van der Waals surface area contributed by atoms with Crippen LogP contribution in [0.3, 0.4) is 0 Å². The normalized spacial score (nSPS) is 13.3. The number of aryl methyl sites for hydroxylation is 1. The summed E-state index contributed by atoms with van der Waals surface area (Å²) in [6.45, 7) is 9.87. The lowest BCUT2D eigenvalue weighted by atomic mass is 9.99. The van der Waals surface area contributed by atoms with Crippen LogP contribution in [0.15, 0.2) is 18.2 Å². The fourth-order valence-electron chi connectivity index (χ4n) is 3.49. The van der Waals surface area contributed by atoms with Gasteiger partial charge in [0, 0.05) is 32.2 Å². The van der Waals surface area contributed by atoms with Crippen LogP contribution in [0, 0.1) is 6.92 Å². The fraction of sp³-hybridized carbons (Fsp3) is 0.500. The van der Waals surface area contributed by atoms with Gasteiger partial charge in [-0.2, -0.15) is 0 Å². The highest BCUT2D eigenvalue weighted by Crippen LogP contribution is 2.34. The third-order valence-electron chi connectivity index (χ3n) is 4.94. The van der Waals surface area contributed by atoms with Crippen molar-refractivity contribution in [3.05, 3.63) is 35.2 Å². The number of ether oxygens (including phenoxy) is 2. The van der Waals surface area contributed by atoms with Crippen molar-refractivity contribution in [2.75, 3.05) is 43.7 Å². The number of hydrogen-bond donors (Lipinski definition) is 0. The molecule has 0 radical (unpaired) electrons. The zero-order valence-electron chi connectivity index (χ0n) is 16.4. The first kappa shape index (κ1) is 18.3. The van der Waals surface area contributed by atoms with Crippen molar-refractivity contribution in [1.82, 2.24) is 9.97 Å². The van der Waals surface area contributed by atoms with Gasteiger partial charge in [-0.25, -0.2) is 9.97 Å². The fourth-order valence-corrected chi connectivity index (χ4v) is 3.49. The molecule has 0 spiro atoms. The molecule has 0 bridgehead atoms. The molecule has 0 amide bonds. The summed E-state index contributed by atoms with van der Waals surface area (Å²) >= 11 is 0. The van der Waals surface area contributed by atoms with Crippen molar-refractivity contribution in [1.29, 1.82) is 0 Å². The number of fused-ring (bicyclic) bond motifs is 1. The maximum atomic E-state index is 5.47. The monoisotopic (exact) mass is 356 g/mol. The first-order valence-corrected chi connectivity index (χ1v) is 9.18. The zero-order valence-corrected chi connectivity index (χ0v) is 16.4. The summed E-state index contributed by atoms with van der Waals surface area (Å²) in [5.74, 6) is 4.36. The van der Waals surface area contributed by atoms with Crippen LogP contribution in [-0.4, -0.2) is 43.8 Å². The molecule has 1 aromatic heterocycles. The Morgan fingerprint density at radius 2 is 1.65 bits per heavy atom. The minimum absolute atomic E-state index is 0.774. The quantitative estimate of drug-likeness (QED) is 0.792. The van der Waals surface area contributed by atoms with Gasteiger partial charge in [0.05, 0.1) is 14.2 Å². The summed E-state index contributed by atoms with van der Waals surface area (Å²) in [5.41, 5.74) is 2.57. The topological polar surface area (TPSA) is 50.7 Å². The molecule has 140 valence electrons. The van der Waals surface area contributed by atoms with Crippen LogP contribution in [0.2, 0.25) is 0 Å². The van der Waals surface area contributed by atoms with Crippen LogP contribution >= 0.6 is 0 Å². The molecule has 0 aliphatic carbocycles. The maximum absolute atomic E-state index is 5.47. The number of benzene rings is 1. The summed E-state index contributed by atoms with van der Waals surface area (Å²) in [5, 5.41) is 0. The van der Waals surface area contributed by atoms with E-state index in [9.17, 15) is 0 Å². The molecule has 2 heterocycles. The third-order valence-corrected chi connectivity index (χ3v) is 4.94. The molecule has 6 heteroatoms. The second-order valence-corrected chi connectivity index (χ2v) is 6.45. The molecule has 26 heavy (non-hydrogen) atoms. The molecule has 0 saturated carbocycles. The Labute approximate surface area is 155 Å². The van der Waals surface area contributed by atoms with E-state index < -0.39 is 0 Å². The van der Waals surface area contributed by atoms with Gasteiger partial charge in [-0.1, -0.05) is 0 Å². The summed E-state index contributed by atoms with van der Waals surface area (Å²) in [6.07, 6.45) is 0.958. The molecule has 0 atom stereocenters. The van der Waals surface area contributed by atoms with Crippen LogP contribution < -0.4 is 19.3 Å². The lowest BCUT2D eigenvalue weighted by Gasteiger charge is -2.31. The van der Waals surface area contributed by atoms with Gasteiger partial charge in [0.2, 0.25) is 0 Å². The average molecular weight is 356 g/mol. The van der Waals surface area contributed by atoms with Crippen LogP contribution in [-0.2, 0) is 13.0 Å². The summed E-state index contributed by atoms with van der Waals surface area (Å²) in [6, 6.07) is 6.28. The van der Waals surface area contributed by atoms with Crippen LogP contribution in [0.25, 0.3) is 0 Å². The Morgan fingerprint density at radius 1 is 1.00 bits per heavy atom. The minimum atomic E-state index is 0.774. The third kappa shape index (κ3) is 3.54. The molecular formula is C20H28N4O2. The van der Waals surface area contributed by atoms with Gasteiger partial charge in [-0.3, -0.25) is 0 Å². The number of anilines is 2. The van der Waals surface area contributed by atoms with Gasteiger partial charge < -0.3 is 19.3 Å². The molecule has 1 aromatic carbocycles. The molecule has 0 unspecified atom stereocenters. The predicted molar refractivity (Wildman–Crippen MR) is 105 cm³/mol. The molecule has 2 aromatic rings. The van der Waals surface area contributed by atoms with E-state index in [4.69, 9.17) is 9.47 Å². The number of aromatic nitrogens is 2. The Kier molecular flexibility index (Phi) is 5.49. The van der Waals surface area contributed by atoms with Crippen molar-refractivity contribution < 1.29 is 9.47 Å². The minimum Gasteiger partial charge on any atom is -0.493 e. The standard InChI is InChI=1S/C20H28N4O2/c1-6-23(7-2)19-12-20(22-14(3)21-19)24-9-8-15-10-17(25-4)18(26-5)11-16(15)13-24/h10-12H,6-9,13H2,1-5H3. The van der Waals surface area contributed by atoms with Crippen molar-refractivity contribution in [2.45, 2.75) is 33.7 Å². The highest BCUT2D eigenvalue weighted by molar-refractivity contribution is 5.55. The molecule has 1 aliphatic heterocycles. The molecular weight excluding hydrogens is 328 g/mol. The molecule has 3 rings (SSSR count). The Balaban J connectivity index is 1.91. The summed E-state index contributed by atoms with van der Waals surface area (Å²) < 4.78 is 10.9. The summed E-state index contributed by atoms with van der Waals surface area (Å²) in [7, 11) is 3.35. The Bertz CT molecular complexity index is 775. The van der Waals surface area contributed by atoms with Crippen molar-refractivity contribution >= 4 is 11.6 Å². The molecule has 6 nitrogen and oxygen atoms in total. The number of hydrogen-bond acceptors (Lipinski definition) is 6. The highest BCUT2D eigenvalue weighted by Gasteiger charge is 2.21. The molecule has 0 fully saturated rings. The molecule has 0 N–H and O–H groups in total. The maximum Gasteiger partial charge on any atom is 0.161 e. The van der Waals surface area contributed by atoms with E-state index in [1.807, 2.05) is 6.92 Å². The highest BCUT2D eigenvalue weighted by atomic mass is 16.5. The van der Waals surface area contributed by atoms with E-state index in [1.54, 1.807) is 14.2 Å². The van der Waals surface area contributed by atoms with Crippen LogP contribution in [0.1, 0.15) is 30.8 Å². The lowest BCUT2D eigenvalue weighted by Crippen LogP contribution is -2.32. The molecule has 1 aliphatic rings. The first-order chi connectivity index (χ1) is 12.6. The SMILES string of the molecule is CCN(CC)c1cc(N2CCc3cc(OC)c(OC)cc3C2)nc(C)n1. The van der Waals surface area contributed by atoms with Gasteiger partial charge in [-0.05, 0) is 50.5 Å². The van der Waals surface area contributed by atoms with Gasteiger partial charge in [0.15, 0.2) is 11.5 Å². The summed E-state index contributed by atoms with van der Waals surface area (Å²) in [4.78, 5) is 13.9. The van der Waals surface area contributed by atoms with Crippen molar-refractivity contribution in [2.24, 2.45) is 0 Å².